The number of ether oxygens (including phenoxy) is 2. The molecule has 10 N–H and O–H groups in total. The number of rotatable bonds is 16. The summed E-state index contributed by atoms with van der Waals surface area (Å²) in [5.74, 6) is -10.9. The quantitative estimate of drug-likeness (QED) is 0.0190. The zero-order valence-corrected chi connectivity index (χ0v) is 53.7. The topological polar surface area (TPSA) is 418 Å². The lowest BCUT2D eigenvalue weighted by Gasteiger charge is -2.35. The number of benzene rings is 2. The Balaban J connectivity index is 0.000000145. The highest BCUT2D eigenvalue weighted by molar-refractivity contribution is 9.10. The van der Waals surface area contributed by atoms with E-state index in [1.165, 1.54) is 34.5 Å². The first-order valence-corrected chi connectivity index (χ1v) is 31.0. The number of H-pyrrole nitrogens is 7. The lowest BCUT2D eigenvalue weighted by molar-refractivity contribution is -0.132. The summed E-state index contributed by atoms with van der Waals surface area (Å²) in [4.78, 5) is 120. The lowest BCUT2D eigenvalue weighted by atomic mass is 10.1. The van der Waals surface area contributed by atoms with Gasteiger partial charge in [0.15, 0.2) is 17.5 Å². The number of piperazine rings is 2. The van der Waals surface area contributed by atoms with Gasteiger partial charge in [-0.2, -0.15) is 20.4 Å². The summed E-state index contributed by atoms with van der Waals surface area (Å²) in [6.45, 7) is 9.49. The molecule has 2 saturated heterocycles. The van der Waals surface area contributed by atoms with Gasteiger partial charge in [-0.15, -0.1) is 0 Å². The van der Waals surface area contributed by atoms with E-state index in [0.29, 0.717) is 30.8 Å². The van der Waals surface area contributed by atoms with Crippen molar-refractivity contribution in [1.82, 2.24) is 80.9 Å². The van der Waals surface area contributed by atoms with Crippen LogP contribution in [0, 0.1) is 17.5 Å². The van der Waals surface area contributed by atoms with E-state index in [9.17, 15) is 51.5 Å². The number of esters is 2. The smallest absolute Gasteiger partial charge is 0.377 e. The molecule has 506 valence electrons. The average molecular weight is 1420 g/mol. The third-order valence-corrected chi connectivity index (χ3v) is 16.2. The van der Waals surface area contributed by atoms with Gasteiger partial charge < -0.3 is 54.7 Å². The lowest BCUT2D eigenvalue weighted by Crippen LogP contribution is -2.50. The average Bonchev–Trinajstić information content (AvgIpc) is 1.65. The van der Waals surface area contributed by atoms with Crippen LogP contribution in [0.15, 0.2) is 127 Å². The standard InChI is InChI=1S/C28H25FN8O4.C15H11FN4O5.C13H16N4.C9H4BrFN2O3/c1-2-41-28(40)20-12-19(33-34-20)24-25-22(18(29)14-31-24)17(13-30-25)26(38)27(39)37-10-8-36(9-11-37)21-15-32-35-23(21)16-6-4-3-5-7-16;1-2-25-15(24)9-3-8(19-20-9)11-12-10(7(16)5-18-11)6(4-17-12)13(21)14(22)23;1-2-4-11(5-3-1)13-12(10-15-16-13)17-8-6-14-7-9-17;10-8-6-5(4(11)2-13-8)3(1-12-6)7(14)9(15)16/h3-7,12-15,30H,2,8-11H2,1H3,(H,32,35)(H,33,34);3-5,17H,2H2,1H3,(H,19,20)(H,22,23);1-5,10,14H,6-9H2,(H,15,16);1-2,12H,(H,15,16). The molecule has 2 fully saturated rings. The Morgan fingerprint density at radius 3 is 1.35 bits per heavy atom. The number of amides is 1. The Morgan fingerprint density at radius 2 is 0.919 bits per heavy atom. The van der Waals surface area contributed by atoms with Crippen molar-refractivity contribution in [3.05, 3.63) is 173 Å². The van der Waals surface area contributed by atoms with Gasteiger partial charge in [0.05, 0.1) is 116 Å². The molecule has 0 radical (unpaired) electrons. The number of aliphatic carboxylic acids is 2. The van der Waals surface area contributed by atoms with Gasteiger partial charge in [-0.25, -0.2) is 47.3 Å². The molecule has 0 bridgehead atoms. The molecular formula is C65H56BrF3N18O12. The Labute approximate surface area is 563 Å². The van der Waals surface area contributed by atoms with Gasteiger partial charge in [-0.05, 0) is 29.8 Å². The third kappa shape index (κ3) is 14.4. The van der Waals surface area contributed by atoms with Crippen LogP contribution < -0.4 is 15.1 Å². The highest BCUT2D eigenvalue weighted by Gasteiger charge is 2.32. The number of aromatic amines is 7. The molecule has 0 unspecified atom stereocenters. The number of hydrogen-bond acceptors (Lipinski definition) is 20. The van der Waals surface area contributed by atoms with E-state index < -0.39 is 64.6 Å². The van der Waals surface area contributed by atoms with E-state index in [1.807, 2.05) is 42.6 Å². The van der Waals surface area contributed by atoms with Crippen molar-refractivity contribution in [2.45, 2.75) is 13.8 Å². The van der Waals surface area contributed by atoms with Gasteiger partial charge in [-0.1, -0.05) is 60.7 Å². The second-order valence-corrected chi connectivity index (χ2v) is 22.3. The number of halogens is 4. The zero-order chi connectivity index (χ0) is 70.0. The predicted octanol–water partition coefficient (Wildman–Crippen LogP) is 7.94. The SMILES string of the molecule is CCOC(=O)c1cc(-c2ncc(F)c3c(C(=O)C(=O)N4CCN(c5cn[nH]c5-c5ccccc5)CC4)c[nH]c23)n[nH]1.CCOC(=O)c1cc(-c2ncc(F)c3c(C(=O)C(=O)O)c[nH]c23)n[nH]1.O=C(O)C(=O)c1c[nH]c2c(Br)ncc(F)c12.c1ccc(-c2[nH]ncc2N2CCNCC2)cc1. The number of carboxylic acid groups (broad SMARTS) is 2. The van der Waals surface area contributed by atoms with Gasteiger partial charge >= 0.3 is 23.9 Å². The first-order valence-electron chi connectivity index (χ1n) is 30.2. The fourth-order valence-corrected chi connectivity index (χ4v) is 11.4. The van der Waals surface area contributed by atoms with Crippen molar-refractivity contribution < 1.29 is 71.2 Å². The summed E-state index contributed by atoms with van der Waals surface area (Å²) in [7, 11) is 0. The van der Waals surface area contributed by atoms with Crippen molar-refractivity contribution in [2.75, 3.05) is 75.4 Å². The Morgan fingerprint density at radius 1 is 0.515 bits per heavy atom. The summed E-state index contributed by atoms with van der Waals surface area (Å²) < 4.78 is 52.6. The Bertz CT molecular complexity index is 5010. The van der Waals surface area contributed by atoms with Crippen molar-refractivity contribution in [3.8, 4) is 45.3 Å². The van der Waals surface area contributed by atoms with Crippen LogP contribution in [0.3, 0.4) is 0 Å². The van der Waals surface area contributed by atoms with E-state index in [1.54, 1.807) is 20.0 Å². The van der Waals surface area contributed by atoms with Crippen molar-refractivity contribution in [3.63, 3.8) is 0 Å². The number of fused-ring (bicyclic) bond motifs is 3. The fourth-order valence-electron chi connectivity index (χ4n) is 11.0. The molecule has 1 amide bonds. The molecule has 0 aliphatic carbocycles. The minimum absolute atomic E-state index is 0.0708. The molecule has 2 aliphatic heterocycles. The second-order valence-electron chi connectivity index (χ2n) is 21.5. The first-order chi connectivity index (χ1) is 47.9. The summed E-state index contributed by atoms with van der Waals surface area (Å²) in [5.41, 5.74) is 7.16. The predicted molar refractivity (Wildman–Crippen MR) is 353 cm³/mol. The molecule has 99 heavy (non-hydrogen) atoms. The van der Waals surface area contributed by atoms with Crippen molar-refractivity contribution >= 4 is 107 Å². The summed E-state index contributed by atoms with van der Waals surface area (Å²) in [5, 5.41) is 48.0. The van der Waals surface area contributed by atoms with Crippen LogP contribution in [-0.2, 0) is 23.9 Å². The number of carbonyl (C=O) groups excluding carboxylic acids is 6. The van der Waals surface area contributed by atoms with Gasteiger partial charge in [-0.3, -0.25) is 39.6 Å². The molecule has 34 heteroatoms. The molecule has 0 atom stereocenters. The minimum atomic E-state index is -1.71. The number of ketones is 3. The van der Waals surface area contributed by atoms with Gasteiger partial charge in [0.25, 0.3) is 23.3 Å². The molecule has 0 saturated carbocycles. The van der Waals surface area contributed by atoms with Crippen molar-refractivity contribution in [2.24, 2.45) is 0 Å². The number of pyridine rings is 3. The van der Waals surface area contributed by atoms with Crippen LogP contribution >= 0.6 is 15.9 Å². The fraction of sp³-hybridized carbons (Fsp3) is 0.185. The van der Waals surface area contributed by atoms with Crippen LogP contribution in [0.25, 0.3) is 78.0 Å². The number of anilines is 2. The van der Waals surface area contributed by atoms with Gasteiger partial charge in [0, 0.05) is 94.2 Å². The molecule has 12 aromatic rings. The number of carboxylic acids is 2. The maximum Gasteiger partial charge on any atom is 0.377 e. The number of Topliss-reactive ketones (excluding diaryl/α,β-unsaturated/α-hetero) is 3. The molecule has 10 aromatic heterocycles. The molecule has 12 heterocycles. The Kier molecular flexibility index (Phi) is 20.7. The molecule has 30 nitrogen and oxygen atoms in total. The number of nitrogens with zero attached hydrogens (tertiary/aromatic N) is 10. The van der Waals surface area contributed by atoms with E-state index in [2.05, 4.69) is 126 Å². The molecule has 14 rings (SSSR count). The Hall–Kier alpha value is -12.5. The molecule has 0 spiro atoms. The maximum atomic E-state index is 15.0. The zero-order valence-electron chi connectivity index (χ0n) is 52.1. The number of nitrogens with one attached hydrogen (secondary N) is 8. The molecule has 2 aromatic carbocycles. The van der Waals surface area contributed by atoms with Crippen LogP contribution in [0.1, 0.15) is 65.9 Å². The molecular weight excluding hydrogens is 1360 g/mol. The van der Waals surface area contributed by atoms with Gasteiger partial charge in [0.2, 0.25) is 0 Å². The van der Waals surface area contributed by atoms with Crippen LogP contribution in [0.5, 0.6) is 0 Å². The highest BCUT2D eigenvalue weighted by Crippen LogP contribution is 2.34. The maximum absolute atomic E-state index is 15.0. The van der Waals surface area contributed by atoms with Crippen molar-refractivity contribution in [1.29, 1.82) is 0 Å². The monoisotopic (exact) mass is 1420 g/mol. The van der Waals surface area contributed by atoms with E-state index in [-0.39, 0.29) is 96.8 Å². The highest BCUT2D eigenvalue weighted by atomic mass is 79.9. The summed E-state index contributed by atoms with van der Waals surface area (Å²) in [6, 6.07) is 23.0. The molecule has 2 aliphatic rings. The van der Waals surface area contributed by atoms with Crippen LogP contribution in [0.2, 0.25) is 0 Å². The van der Waals surface area contributed by atoms with E-state index in [4.69, 9.17) is 19.7 Å². The van der Waals surface area contributed by atoms with Gasteiger partial charge in [0.1, 0.15) is 38.8 Å². The normalized spacial score (nSPS) is 12.8. The number of carbonyl (C=O) groups is 8. The van der Waals surface area contributed by atoms with E-state index in [0.717, 1.165) is 79.8 Å². The summed E-state index contributed by atoms with van der Waals surface area (Å²) >= 11 is 3.06. The van der Waals surface area contributed by atoms with Crippen LogP contribution in [-0.4, -0.2) is 199 Å². The van der Waals surface area contributed by atoms with E-state index >= 15 is 0 Å². The summed E-state index contributed by atoms with van der Waals surface area (Å²) in [6.07, 6.45) is 9.94. The number of aromatic nitrogens is 14. The third-order valence-electron chi connectivity index (χ3n) is 15.6. The number of hydrogen-bond donors (Lipinski definition) is 10. The van der Waals surface area contributed by atoms with Crippen LogP contribution in [0.4, 0.5) is 24.5 Å². The largest absolute Gasteiger partial charge is 0.475 e. The second kappa shape index (κ2) is 30.1. The minimum Gasteiger partial charge on any atom is -0.475 e. The first kappa shape index (κ1) is 67.9.